The van der Waals surface area contributed by atoms with Crippen LogP contribution < -0.4 is 0 Å². The Morgan fingerprint density at radius 3 is 2.31 bits per heavy atom. The first-order valence-corrected chi connectivity index (χ1v) is 5.01. The van der Waals surface area contributed by atoms with E-state index in [0.717, 1.165) is 0 Å². The summed E-state index contributed by atoms with van der Waals surface area (Å²) in [5.41, 5.74) is 1.79. The van der Waals surface area contributed by atoms with Crippen molar-refractivity contribution < 1.29 is 18.3 Å². The number of aliphatic hydroxyl groups is 1. The van der Waals surface area contributed by atoms with Gasteiger partial charge in [-0.2, -0.15) is 18.3 Å². The second kappa shape index (κ2) is 4.45. The number of hydrogen-bond donors (Lipinski definition) is 1. The summed E-state index contributed by atoms with van der Waals surface area (Å²) in [7, 11) is 0. The molecular weight excluding hydrogens is 221 g/mol. The van der Waals surface area contributed by atoms with Crippen molar-refractivity contribution in [3.05, 3.63) is 17.0 Å². The third kappa shape index (κ3) is 2.98. The van der Waals surface area contributed by atoms with Gasteiger partial charge < -0.3 is 5.11 Å². The van der Waals surface area contributed by atoms with Gasteiger partial charge in [-0.25, -0.2) is 0 Å². The summed E-state index contributed by atoms with van der Waals surface area (Å²) < 4.78 is 37.4. The largest absolute Gasteiger partial charge is 0.390 e. The zero-order valence-corrected chi connectivity index (χ0v) is 9.47. The fourth-order valence-corrected chi connectivity index (χ4v) is 1.77. The van der Waals surface area contributed by atoms with Crippen molar-refractivity contribution in [2.45, 2.75) is 46.0 Å². The highest BCUT2D eigenvalue weighted by molar-refractivity contribution is 5.26. The normalized spacial score (nSPS) is 14.2. The number of halogens is 3. The lowest BCUT2D eigenvalue weighted by atomic mass is 10.1. The molecule has 0 bridgehead atoms. The molecule has 92 valence electrons. The molecule has 1 aromatic rings. The first-order chi connectivity index (χ1) is 7.22. The Morgan fingerprint density at radius 1 is 1.38 bits per heavy atom. The number of aromatic nitrogens is 2. The van der Waals surface area contributed by atoms with Gasteiger partial charge in [-0.3, -0.25) is 4.68 Å². The second-order valence-corrected chi connectivity index (χ2v) is 3.85. The summed E-state index contributed by atoms with van der Waals surface area (Å²) in [4.78, 5) is 0. The summed E-state index contributed by atoms with van der Waals surface area (Å²) in [5.74, 6) is 0. The third-order valence-electron chi connectivity index (χ3n) is 2.46. The highest BCUT2D eigenvalue weighted by Gasteiger charge is 2.27. The lowest BCUT2D eigenvalue weighted by Crippen LogP contribution is -2.14. The van der Waals surface area contributed by atoms with Gasteiger partial charge in [0, 0.05) is 17.8 Å². The maximum Gasteiger partial charge on any atom is 0.390 e. The Balaban J connectivity index is 2.87. The molecule has 1 heterocycles. The second-order valence-electron chi connectivity index (χ2n) is 3.85. The molecule has 1 rings (SSSR count). The first kappa shape index (κ1) is 13.0. The van der Waals surface area contributed by atoms with Crippen LogP contribution in [0.4, 0.5) is 13.2 Å². The van der Waals surface area contributed by atoms with E-state index in [2.05, 4.69) is 5.10 Å². The number of aryl methyl sites for hydroxylation is 2. The van der Waals surface area contributed by atoms with E-state index >= 15 is 0 Å². The summed E-state index contributed by atoms with van der Waals surface area (Å²) >= 11 is 0. The predicted octanol–water partition coefficient (Wildman–Crippen LogP) is 2.51. The monoisotopic (exact) mass is 236 g/mol. The Labute approximate surface area is 91.9 Å². The van der Waals surface area contributed by atoms with E-state index in [9.17, 15) is 18.3 Å². The molecule has 0 aliphatic carbocycles. The average Bonchev–Trinajstić information content (AvgIpc) is 2.36. The van der Waals surface area contributed by atoms with Gasteiger partial charge in [0.2, 0.25) is 0 Å². The van der Waals surface area contributed by atoms with Crippen LogP contribution in [0, 0.1) is 13.8 Å². The fourth-order valence-electron chi connectivity index (χ4n) is 1.77. The van der Waals surface area contributed by atoms with Gasteiger partial charge in [0.25, 0.3) is 0 Å². The topological polar surface area (TPSA) is 38.0 Å². The Morgan fingerprint density at radius 2 is 1.94 bits per heavy atom. The quantitative estimate of drug-likeness (QED) is 0.875. The number of nitrogens with zero attached hydrogens (tertiary/aromatic N) is 2. The number of rotatable bonds is 3. The number of hydrogen-bond acceptors (Lipinski definition) is 2. The zero-order valence-electron chi connectivity index (χ0n) is 9.47. The predicted molar refractivity (Wildman–Crippen MR) is 53.0 cm³/mol. The van der Waals surface area contributed by atoms with E-state index in [1.807, 2.05) is 0 Å². The molecule has 0 aliphatic heterocycles. The van der Waals surface area contributed by atoms with Crippen LogP contribution in [-0.2, 0) is 6.54 Å². The van der Waals surface area contributed by atoms with Crippen LogP contribution in [0.1, 0.15) is 36.4 Å². The van der Waals surface area contributed by atoms with Crippen LogP contribution >= 0.6 is 0 Å². The van der Waals surface area contributed by atoms with Gasteiger partial charge in [-0.15, -0.1) is 0 Å². The van der Waals surface area contributed by atoms with Crippen LogP contribution in [0.25, 0.3) is 0 Å². The molecule has 16 heavy (non-hydrogen) atoms. The Kier molecular flexibility index (Phi) is 3.62. The minimum Gasteiger partial charge on any atom is -0.389 e. The van der Waals surface area contributed by atoms with Gasteiger partial charge in [-0.05, 0) is 20.8 Å². The summed E-state index contributed by atoms with van der Waals surface area (Å²) in [5, 5.41) is 13.4. The molecule has 3 nitrogen and oxygen atoms in total. The molecule has 0 saturated carbocycles. The van der Waals surface area contributed by atoms with E-state index in [4.69, 9.17) is 0 Å². The molecule has 0 radical (unpaired) electrons. The van der Waals surface area contributed by atoms with Crippen molar-refractivity contribution in [3.63, 3.8) is 0 Å². The number of alkyl halides is 3. The highest BCUT2D eigenvalue weighted by Crippen LogP contribution is 2.24. The molecule has 0 fully saturated rings. The maximum absolute atomic E-state index is 12.0. The number of aliphatic hydroxyl groups excluding tert-OH is 1. The zero-order chi connectivity index (χ0) is 12.5. The van der Waals surface area contributed by atoms with Gasteiger partial charge in [0.1, 0.15) is 0 Å². The van der Waals surface area contributed by atoms with Crippen molar-refractivity contribution in [1.29, 1.82) is 0 Å². The Hall–Kier alpha value is -1.04. The van der Waals surface area contributed by atoms with Crippen molar-refractivity contribution in [2.75, 3.05) is 0 Å². The van der Waals surface area contributed by atoms with Gasteiger partial charge in [-0.1, -0.05) is 0 Å². The molecular formula is C10H15F3N2O. The minimum atomic E-state index is -4.18. The van der Waals surface area contributed by atoms with Crippen LogP contribution in [-0.4, -0.2) is 21.1 Å². The van der Waals surface area contributed by atoms with Gasteiger partial charge in [0.05, 0.1) is 18.2 Å². The van der Waals surface area contributed by atoms with Crippen molar-refractivity contribution in [3.8, 4) is 0 Å². The molecule has 0 aliphatic rings. The van der Waals surface area contributed by atoms with Gasteiger partial charge >= 0.3 is 6.18 Å². The van der Waals surface area contributed by atoms with Crippen molar-refractivity contribution in [2.24, 2.45) is 0 Å². The van der Waals surface area contributed by atoms with Gasteiger partial charge in [0.15, 0.2) is 0 Å². The Bertz CT molecular complexity index is 369. The first-order valence-electron chi connectivity index (χ1n) is 5.01. The van der Waals surface area contributed by atoms with E-state index in [1.165, 1.54) is 4.68 Å². The molecule has 1 unspecified atom stereocenters. The SMILES string of the molecule is Cc1nn(CCC(F)(F)F)c(C)c1C(C)O. The van der Waals surface area contributed by atoms with Crippen molar-refractivity contribution >= 4 is 0 Å². The fraction of sp³-hybridized carbons (Fsp3) is 0.700. The third-order valence-corrected chi connectivity index (χ3v) is 2.46. The molecule has 0 saturated heterocycles. The lowest BCUT2D eigenvalue weighted by molar-refractivity contribution is -0.137. The van der Waals surface area contributed by atoms with E-state index in [-0.39, 0.29) is 6.54 Å². The van der Waals surface area contributed by atoms with Crippen LogP contribution in [0.5, 0.6) is 0 Å². The van der Waals surface area contributed by atoms with E-state index in [0.29, 0.717) is 17.0 Å². The van der Waals surface area contributed by atoms with Crippen LogP contribution in [0.15, 0.2) is 0 Å². The summed E-state index contributed by atoms with van der Waals surface area (Å²) in [6, 6.07) is 0. The van der Waals surface area contributed by atoms with Crippen LogP contribution in [0.2, 0.25) is 0 Å². The molecule has 0 spiro atoms. The minimum absolute atomic E-state index is 0.205. The average molecular weight is 236 g/mol. The van der Waals surface area contributed by atoms with Crippen molar-refractivity contribution in [1.82, 2.24) is 9.78 Å². The smallest absolute Gasteiger partial charge is 0.389 e. The molecule has 1 N–H and O–H groups in total. The maximum atomic E-state index is 12.0. The van der Waals surface area contributed by atoms with Crippen LogP contribution in [0.3, 0.4) is 0 Å². The summed E-state index contributed by atoms with van der Waals surface area (Å²) in [6.45, 7) is 4.71. The molecule has 0 amide bonds. The van der Waals surface area contributed by atoms with E-state index < -0.39 is 18.7 Å². The molecule has 0 aromatic carbocycles. The molecule has 1 atom stereocenters. The highest BCUT2D eigenvalue weighted by atomic mass is 19.4. The molecule has 6 heteroatoms. The molecule has 1 aromatic heterocycles. The van der Waals surface area contributed by atoms with E-state index in [1.54, 1.807) is 20.8 Å². The standard InChI is InChI=1S/C10H15F3N2O/c1-6-9(8(3)16)7(2)15(14-6)5-4-10(11,12)13/h8,16H,4-5H2,1-3H3. The summed E-state index contributed by atoms with van der Waals surface area (Å²) in [6.07, 6.45) is -5.80. The lowest BCUT2D eigenvalue weighted by Gasteiger charge is -2.09.